The van der Waals surface area contributed by atoms with Gasteiger partial charge >= 0.3 is 0 Å². The van der Waals surface area contributed by atoms with Gasteiger partial charge < -0.3 is 10.1 Å². The van der Waals surface area contributed by atoms with E-state index in [-0.39, 0.29) is 17.4 Å². The van der Waals surface area contributed by atoms with Crippen LogP contribution in [0.5, 0.6) is 0 Å². The maximum Gasteiger partial charge on any atom is 0.234 e. The average molecular weight is 434 g/mol. The first-order chi connectivity index (χ1) is 13.8. The van der Waals surface area contributed by atoms with Crippen LogP contribution in [0.25, 0.3) is 0 Å². The Labute approximate surface area is 182 Å². The van der Waals surface area contributed by atoms with Crippen molar-refractivity contribution in [1.29, 1.82) is 0 Å². The van der Waals surface area contributed by atoms with Crippen molar-refractivity contribution in [1.82, 2.24) is 15.2 Å². The van der Waals surface area contributed by atoms with E-state index >= 15 is 0 Å². The summed E-state index contributed by atoms with van der Waals surface area (Å²) in [6.45, 7) is 11.8. The zero-order chi connectivity index (χ0) is 20.9. The fourth-order valence-corrected chi connectivity index (χ4v) is 4.88. The van der Waals surface area contributed by atoms with Gasteiger partial charge in [0, 0.05) is 41.1 Å². The summed E-state index contributed by atoms with van der Waals surface area (Å²) in [5.41, 5.74) is 2.40. The fourth-order valence-electron chi connectivity index (χ4n) is 3.03. The number of thioether (sulfide) groups is 1. The number of amides is 1. The predicted molar refractivity (Wildman–Crippen MR) is 121 cm³/mol. The van der Waals surface area contributed by atoms with Crippen molar-refractivity contribution >= 4 is 29.0 Å². The third-order valence-corrected chi connectivity index (χ3v) is 6.75. The largest absolute Gasteiger partial charge is 0.368 e. The number of nitrogens with zero attached hydrogens (tertiary/aromatic N) is 2. The zero-order valence-corrected chi connectivity index (χ0v) is 19.4. The number of benzene rings is 1. The summed E-state index contributed by atoms with van der Waals surface area (Å²) < 4.78 is 5.93. The summed E-state index contributed by atoms with van der Waals surface area (Å²) in [5.74, 6) is 0.944. The molecule has 0 bridgehead atoms. The molecule has 1 aromatic carbocycles. The Bertz CT molecular complexity index is 799. The average Bonchev–Trinajstić information content (AvgIpc) is 3.18. The molecule has 2 aromatic rings. The highest BCUT2D eigenvalue weighted by Crippen LogP contribution is 2.30. The lowest BCUT2D eigenvalue weighted by molar-refractivity contribution is -0.124. The zero-order valence-electron chi connectivity index (χ0n) is 17.7. The molecule has 1 aliphatic heterocycles. The van der Waals surface area contributed by atoms with Crippen molar-refractivity contribution in [3.8, 4) is 0 Å². The molecule has 1 aromatic heterocycles. The molecule has 1 amide bonds. The van der Waals surface area contributed by atoms with Crippen molar-refractivity contribution in [2.45, 2.75) is 44.1 Å². The van der Waals surface area contributed by atoms with Gasteiger partial charge in [0.25, 0.3) is 0 Å². The number of aromatic nitrogens is 1. The smallest absolute Gasteiger partial charge is 0.234 e. The van der Waals surface area contributed by atoms with Crippen LogP contribution in [-0.2, 0) is 14.9 Å². The van der Waals surface area contributed by atoms with E-state index < -0.39 is 0 Å². The summed E-state index contributed by atoms with van der Waals surface area (Å²) in [6.07, 6.45) is -0.0465. The van der Waals surface area contributed by atoms with E-state index in [1.807, 2.05) is 0 Å². The Balaban J connectivity index is 1.41. The fraction of sp³-hybridized carbons (Fsp3) is 0.545. The molecule has 1 fully saturated rings. The molecule has 29 heavy (non-hydrogen) atoms. The Hall–Kier alpha value is -1.41. The van der Waals surface area contributed by atoms with Gasteiger partial charge in [0.05, 0.1) is 18.8 Å². The number of aryl methyl sites for hydroxylation is 1. The van der Waals surface area contributed by atoms with E-state index in [0.717, 1.165) is 23.0 Å². The van der Waals surface area contributed by atoms with Crippen molar-refractivity contribution in [2.24, 2.45) is 0 Å². The van der Waals surface area contributed by atoms with E-state index in [2.05, 4.69) is 67.6 Å². The maximum atomic E-state index is 12.3. The quantitative estimate of drug-likeness (QED) is 0.528. The number of carbonyl (C=O) groups excluding carboxylic acids is 1. The van der Waals surface area contributed by atoms with Crippen LogP contribution in [0.15, 0.2) is 34.5 Å². The van der Waals surface area contributed by atoms with Crippen LogP contribution in [0.4, 0.5) is 0 Å². The molecule has 1 aliphatic rings. The lowest BCUT2D eigenvalue weighted by atomic mass is 9.93. The van der Waals surface area contributed by atoms with Crippen LogP contribution in [-0.4, -0.2) is 54.3 Å². The van der Waals surface area contributed by atoms with Gasteiger partial charge in [-0.1, -0.05) is 38.5 Å². The first-order valence-corrected chi connectivity index (χ1v) is 11.9. The van der Waals surface area contributed by atoms with E-state index in [0.29, 0.717) is 26.2 Å². The minimum Gasteiger partial charge on any atom is -0.368 e. The second-order valence-corrected chi connectivity index (χ2v) is 10.5. The van der Waals surface area contributed by atoms with Crippen molar-refractivity contribution in [2.75, 3.05) is 38.5 Å². The molecular formula is C22H31N3O2S2. The number of hydrogen-bond donors (Lipinski definition) is 1. The molecule has 0 radical (unpaired) electrons. The summed E-state index contributed by atoms with van der Waals surface area (Å²) in [4.78, 5) is 20.5. The number of morpholine rings is 1. The van der Waals surface area contributed by atoms with Crippen LogP contribution in [0.1, 0.15) is 43.1 Å². The van der Waals surface area contributed by atoms with Gasteiger partial charge in [-0.3, -0.25) is 9.69 Å². The van der Waals surface area contributed by atoms with Crippen LogP contribution >= 0.6 is 23.1 Å². The molecule has 1 saturated heterocycles. The van der Waals surface area contributed by atoms with Crippen molar-refractivity contribution < 1.29 is 9.53 Å². The topological polar surface area (TPSA) is 54.5 Å². The summed E-state index contributed by atoms with van der Waals surface area (Å²) in [5, 5.41) is 6.16. The van der Waals surface area contributed by atoms with Crippen LogP contribution in [0.2, 0.25) is 0 Å². The molecule has 3 rings (SSSR count). The minimum atomic E-state index is -0.0465. The number of hydrogen-bond acceptors (Lipinski definition) is 6. The minimum absolute atomic E-state index is 0.0413. The molecule has 0 saturated carbocycles. The maximum absolute atomic E-state index is 12.3. The molecule has 7 heteroatoms. The van der Waals surface area contributed by atoms with Crippen molar-refractivity contribution in [3.05, 3.63) is 45.9 Å². The Morgan fingerprint density at radius 2 is 2.10 bits per heavy atom. The monoisotopic (exact) mass is 433 g/mol. The third-order valence-electron chi connectivity index (χ3n) is 4.80. The highest BCUT2D eigenvalue weighted by molar-refractivity contribution is 7.99. The Morgan fingerprint density at radius 1 is 1.34 bits per heavy atom. The number of ether oxygens (including phenoxy) is 1. The number of rotatable bonds is 7. The second-order valence-electron chi connectivity index (χ2n) is 8.43. The van der Waals surface area contributed by atoms with Gasteiger partial charge in [0.15, 0.2) is 0 Å². The normalized spacial score (nSPS) is 18.0. The van der Waals surface area contributed by atoms with Crippen LogP contribution < -0.4 is 5.32 Å². The SMILES string of the molecule is Cc1ccc(SCCNC(=O)CN2CCOC(c3nc(C(C)(C)C)cs3)C2)cc1. The molecule has 5 nitrogen and oxygen atoms in total. The first-order valence-electron chi connectivity index (χ1n) is 10.1. The van der Waals surface area contributed by atoms with Gasteiger partial charge in [-0.15, -0.1) is 23.1 Å². The number of nitrogens with one attached hydrogen (secondary N) is 1. The lowest BCUT2D eigenvalue weighted by Crippen LogP contribution is -2.44. The second kappa shape index (κ2) is 10.1. The molecule has 158 valence electrons. The highest BCUT2D eigenvalue weighted by atomic mass is 32.2. The molecule has 1 unspecified atom stereocenters. The standard InChI is InChI=1S/C22H31N3O2S2/c1-16-5-7-17(8-6-16)28-12-9-23-20(26)14-25-10-11-27-18(13-25)21-24-19(15-29-21)22(2,3)4/h5-8,15,18H,9-14H2,1-4H3,(H,23,26). The van der Waals surface area contributed by atoms with E-state index in [9.17, 15) is 4.79 Å². The lowest BCUT2D eigenvalue weighted by Gasteiger charge is -2.31. The number of carbonyl (C=O) groups is 1. The predicted octanol–water partition coefficient (Wildman–Crippen LogP) is 4.03. The molecule has 0 aliphatic carbocycles. The van der Waals surface area contributed by atoms with Gasteiger partial charge in [0.1, 0.15) is 11.1 Å². The summed E-state index contributed by atoms with van der Waals surface area (Å²) in [6, 6.07) is 8.48. The number of thiazole rings is 1. The van der Waals surface area contributed by atoms with E-state index in [1.54, 1.807) is 23.1 Å². The first kappa shape index (κ1) is 22.3. The van der Waals surface area contributed by atoms with E-state index in [4.69, 9.17) is 9.72 Å². The molecule has 1 N–H and O–H groups in total. The Morgan fingerprint density at radius 3 is 2.79 bits per heavy atom. The highest BCUT2D eigenvalue weighted by Gasteiger charge is 2.27. The summed E-state index contributed by atoms with van der Waals surface area (Å²) >= 11 is 3.42. The molecular weight excluding hydrogens is 402 g/mol. The van der Waals surface area contributed by atoms with Gasteiger partial charge in [-0.2, -0.15) is 0 Å². The molecule has 1 atom stereocenters. The van der Waals surface area contributed by atoms with Crippen LogP contribution in [0, 0.1) is 6.92 Å². The summed E-state index contributed by atoms with van der Waals surface area (Å²) in [7, 11) is 0. The molecule has 0 spiro atoms. The van der Waals surface area contributed by atoms with Gasteiger partial charge in [-0.05, 0) is 19.1 Å². The molecule has 2 heterocycles. The Kier molecular flexibility index (Phi) is 7.73. The van der Waals surface area contributed by atoms with Crippen LogP contribution in [0.3, 0.4) is 0 Å². The van der Waals surface area contributed by atoms with E-state index in [1.165, 1.54) is 10.5 Å². The third kappa shape index (κ3) is 6.81. The van der Waals surface area contributed by atoms with Crippen molar-refractivity contribution in [3.63, 3.8) is 0 Å². The van der Waals surface area contributed by atoms with Gasteiger partial charge in [0.2, 0.25) is 5.91 Å². The van der Waals surface area contributed by atoms with Gasteiger partial charge in [-0.25, -0.2) is 4.98 Å².